The van der Waals surface area contributed by atoms with Gasteiger partial charge in [0.15, 0.2) is 11.8 Å². The van der Waals surface area contributed by atoms with Crippen molar-refractivity contribution in [3.63, 3.8) is 0 Å². The molecule has 0 unspecified atom stereocenters. The van der Waals surface area contributed by atoms with E-state index in [0.717, 1.165) is 30.6 Å². The third kappa shape index (κ3) is 5.53. The molecule has 3 aromatic rings. The number of aromatic nitrogens is 3. The Hall–Kier alpha value is -1.94. The Balaban J connectivity index is 0.00000225. The average molecular weight is 468 g/mol. The van der Waals surface area contributed by atoms with Gasteiger partial charge in [-0.2, -0.15) is 0 Å². The first kappa shape index (κ1) is 19.4. The Morgan fingerprint density at radius 2 is 2.00 bits per heavy atom. The van der Waals surface area contributed by atoms with E-state index in [9.17, 15) is 0 Å². The topological polar surface area (TPSA) is 67.1 Å². The number of halogens is 1. The van der Waals surface area contributed by atoms with Crippen LogP contribution in [0.1, 0.15) is 17.6 Å². The normalized spacial score (nSPS) is 11.0. The maximum atomic E-state index is 4.62. The molecule has 0 atom stereocenters. The fraction of sp³-hybridized carbons (Fsp3) is 0.235. The third-order valence-corrected chi connectivity index (χ3v) is 4.26. The summed E-state index contributed by atoms with van der Waals surface area (Å²) in [5, 5.41) is 16.9. The molecule has 132 valence electrons. The van der Waals surface area contributed by atoms with Gasteiger partial charge in [-0.1, -0.05) is 24.3 Å². The second kappa shape index (κ2) is 10.1. The molecule has 2 heterocycles. The third-order valence-electron chi connectivity index (χ3n) is 3.39. The number of benzene rings is 1. The first-order valence-corrected chi connectivity index (χ1v) is 8.73. The molecule has 0 spiro atoms. The lowest BCUT2D eigenvalue weighted by atomic mass is 10.3. The van der Waals surface area contributed by atoms with Crippen LogP contribution in [0.5, 0.6) is 0 Å². The van der Waals surface area contributed by atoms with E-state index < -0.39 is 0 Å². The SMILES string of the molecule is CCNC(=NCc1nncn1-c1ccccc1)NCc1cccs1.I. The molecule has 0 aliphatic rings. The van der Waals surface area contributed by atoms with Crippen molar-refractivity contribution in [3.05, 3.63) is 64.9 Å². The summed E-state index contributed by atoms with van der Waals surface area (Å²) < 4.78 is 1.95. The molecule has 1 aromatic carbocycles. The number of nitrogens with zero attached hydrogens (tertiary/aromatic N) is 4. The van der Waals surface area contributed by atoms with Crippen molar-refractivity contribution in [2.75, 3.05) is 6.54 Å². The van der Waals surface area contributed by atoms with E-state index in [-0.39, 0.29) is 24.0 Å². The number of hydrogen-bond acceptors (Lipinski definition) is 4. The smallest absolute Gasteiger partial charge is 0.191 e. The minimum atomic E-state index is 0. The van der Waals surface area contributed by atoms with Gasteiger partial charge in [-0.05, 0) is 30.5 Å². The lowest BCUT2D eigenvalue weighted by Crippen LogP contribution is -2.36. The van der Waals surface area contributed by atoms with Gasteiger partial charge in [0, 0.05) is 17.1 Å². The second-order valence-electron chi connectivity index (χ2n) is 5.08. The van der Waals surface area contributed by atoms with Crippen molar-refractivity contribution in [2.24, 2.45) is 4.99 Å². The molecule has 0 saturated carbocycles. The molecule has 3 rings (SSSR count). The Morgan fingerprint density at radius 1 is 1.16 bits per heavy atom. The van der Waals surface area contributed by atoms with E-state index in [1.54, 1.807) is 17.7 Å². The Labute approximate surface area is 168 Å². The van der Waals surface area contributed by atoms with Crippen LogP contribution in [-0.4, -0.2) is 27.3 Å². The number of aliphatic imine (C=N–C) groups is 1. The fourth-order valence-electron chi connectivity index (χ4n) is 2.25. The van der Waals surface area contributed by atoms with Crippen LogP contribution in [0.2, 0.25) is 0 Å². The zero-order valence-corrected chi connectivity index (χ0v) is 17.1. The van der Waals surface area contributed by atoms with E-state index >= 15 is 0 Å². The molecule has 0 amide bonds. The predicted octanol–water partition coefficient (Wildman–Crippen LogP) is 3.20. The number of para-hydroxylation sites is 1. The van der Waals surface area contributed by atoms with Crippen LogP contribution in [0.25, 0.3) is 5.69 Å². The highest BCUT2D eigenvalue weighted by molar-refractivity contribution is 14.0. The maximum absolute atomic E-state index is 4.62. The highest BCUT2D eigenvalue weighted by Gasteiger charge is 2.06. The van der Waals surface area contributed by atoms with Gasteiger partial charge < -0.3 is 10.6 Å². The van der Waals surface area contributed by atoms with Gasteiger partial charge in [-0.15, -0.1) is 45.5 Å². The van der Waals surface area contributed by atoms with Gasteiger partial charge in [0.25, 0.3) is 0 Å². The molecular formula is C17H21IN6S. The van der Waals surface area contributed by atoms with E-state index in [1.807, 2.05) is 41.0 Å². The first-order chi connectivity index (χ1) is 11.9. The standard InChI is InChI=1S/C17H20N6S.HI/c1-2-18-17(19-11-15-9-6-10-24-15)20-12-16-22-21-13-23(16)14-7-4-3-5-8-14;/h3-10,13H,2,11-12H2,1H3,(H2,18,19,20);1H. The first-order valence-electron chi connectivity index (χ1n) is 7.85. The average Bonchev–Trinajstić information content (AvgIpc) is 3.29. The molecule has 0 saturated heterocycles. The molecule has 0 radical (unpaired) electrons. The zero-order chi connectivity index (χ0) is 16.6. The monoisotopic (exact) mass is 468 g/mol. The summed E-state index contributed by atoms with van der Waals surface area (Å²) in [6.07, 6.45) is 1.71. The van der Waals surface area contributed by atoms with Crippen LogP contribution in [0.3, 0.4) is 0 Å². The van der Waals surface area contributed by atoms with E-state index in [4.69, 9.17) is 0 Å². The summed E-state index contributed by atoms with van der Waals surface area (Å²) in [6.45, 7) is 4.07. The van der Waals surface area contributed by atoms with Gasteiger partial charge in [-0.25, -0.2) is 4.99 Å². The molecule has 0 fully saturated rings. The van der Waals surface area contributed by atoms with Crippen molar-refractivity contribution in [3.8, 4) is 5.69 Å². The molecular weight excluding hydrogens is 447 g/mol. The Bertz CT molecular complexity index is 770. The van der Waals surface area contributed by atoms with Gasteiger partial charge >= 0.3 is 0 Å². The minimum absolute atomic E-state index is 0. The summed E-state index contributed by atoms with van der Waals surface area (Å²) in [5.74, 6) is 1.57. The Kier molecular flexibility index (Phi) is 7.86. The molecule has 0 aliphatic heterocycles. The summed E-state index contributed by atoms with van der Waals surface area (Å²) in [4.78, 5) is 5.89. The lowest BCUT2D eigenvalue weighted by Gasteiger charge is -2.10. The molecule has 0 aliphatic carbocycles. The summed E-state index contributed by atoms with van der Waals surface area (Å²) in [5.41, 5.74) is 1.03. The van der Waals surface area contributed by atoms with Gasteiger partial charge in [0.1, 0.15) is 12.9 Å². The van der Waals surface area contributed by atoms with Crippen LogP contribution in [-0.2, 0) is 13.1 Å². The second-order valence-corrected chi connectivity index (χ2v) is 6.11. The van der Waals surface area contributed by atoms with Crippen molar-refractivity contribution < 1.29 is 0 Å². The minimum Gasteiger partial charge on any atom is -0.357 e. The van der Waals surface area contributed by atoms with Crippen molar-refractivity contribution in [1.82, 2.24) is 25.4 Å². The van der Waals surface area contributed by atoms with E-state index in [0.29, 0.717) is 6.54 Å². The summed E-state index contributed by atoms with van der Waals surface area (Å²) in [6, 6.07) is 14.2. The maximum Gasteiger partial charge on any atom is 0.191 e. The van der Waals surface area contributed by atoms with Gasteiger partial charge in [-0.3, -0.25) is 4.57 Å². The van der Waals surface area contributed by atoms with Gasteiger partial charge in [0.05, 0.1) is 6.54 Å². The largest absolute Gasteiger partial charge is 0.357 e. The zero-order valence-electron chi connectivity index (χ0n) is 13.9. The predicted molar refractivity (Wildman–Crippen MR) is 113 cm³/mol. The number of guanidine groups is 1. The number of rotatable bonds is 6. The van der Waals surface area contributed by atoms with Gasteiger partial charge in [0.2, 0.25) is 0 Å². The molecule has 25 heavy (non-hydrogen) atoms. The number of thiophene rings is 1. The van der Waals surface area contributed by atoms with Crippen LogP contribution < -0.4 is 10.6 Å². The molecule has 2 aromatic heterocycles. The van der Waals surface area contributed by atoms with E-state index in [2.05, 4.69) is 44.2 Å². The van der Waals surface area contributed by atoms with E-state index in [1.165, 1.54) is 4.88 Å². The lowest BCUT2D eigenvalue weighted by molar-refractivity contribution is 0.798. The molecule has 2 N–H and O–H groups in total. The number of hydrogen-bond donors (Lipinski definition) is 2. The summed E-state index contributed by atoms with van der Waals surface area (Å²) in [7, 11) is 0. The van der Waals surface area contributed by atoms with Crippen LogP contribution in [0.4, 0.5) is 0 Å². The molecule has 8 heteroatoms. The fourth-order valence-corrected chi connectivity index (χ4v) is 2.89. The quantitative estimate of drug-likeness (QED) is 0.331. The number of nitrogens with one attached hydrogen (secondary N) is 2. The van der Waals surface area contributed by atoms with Crippen LogP contribution in [0, 0.1) is 0 Å². The highest BCUT2D eigenvalue weighted by atomic mass is 127. The highest BCUT2D eigenvalue weighted by Crippen LogP contribution is 2.10. The van der Waals surface area contributed by atoms with Crippen molar-refractivity contribution in [2.45, 2.75) is 20.0 Å². The van der Waals surface area contributed by atoms with Crippen LogP contribution >= 0.6 is 35.3 Å². The molecule has 6 nitrogen and oxygen atoms in total. The van der Waals surface area contributed by atoms with Crippen molar-refractivity contribution >= 4 is 41.3 Å². The van der Waals surface area contributed by atoms with Crippen molar-refractivity contribution in [1.29, 1.82) is 0 Å². The Morgan fingerprint density at radius 3 is 2.72 bits per heavy atom. The van der Waals surface area contributed by atoms with Crippen LogP contribution in [0.15, 0.2) is 59.2 Å². The summed E-state index contributed by atoms with van der Waals surface area (Å²) >= 11 is 1.73. The molecule has 0 bridgehead atoms.